The first-order chi connectivity index (χ1) is 9.31. The molecule has 0 spiro atoms. The molecule has 3 N–H and O–H groups in total. The summed E-state index contributed by atoms with van der Waals surface area (Å²) in [5.74, 6) is 6.18. The number of hydrazine groups is 1. The van der Waals surface area contributed by atoms with Crippen LogP contribution in [0.3, 0.4) is 0 Å². The molecule has 3 unspecified atom stereocenters. The summed E-state index contributed by atoms with van der Waals surface area (Å²) in [6.45, 7) is 4.95. The fraction of sp³-hybridized carbons (Fsp3) is 0.667. The number of nitrogens with two attached hydrogens (primary N) is 1. The van der Waals surface area contributed by atoms with Gasteiger partial charge in [-0.1, -0.05) is 19.4 Å². The van der Waals surface area contributed by atoms with Crippen LogP contribution in [0.25, 0.3) is 0 Å². The summed E-state index contributed by atoms with van der Waals surface area (Å²) >= 11 is 0. The van der Waals surface area contributed by atoms with Crippen LogP contribution in [0, 0.1) is 0 Å². The highest BCUT2D eigenvalue weighted by Gasteiger charge is 2.35. The van der Waals surface area contributed by atoms with Crippen molar-refractivity contribution in [1.82, 2.24) is 10.4 Å². The SMILES string of the molecule is CCCC(OCC)C(NN)C1CCc2cccnc21. The topological polar surface area (TPSA) is 60.2 Å². The van der Waals surface area contributed by atoms with Crippen LogP contribution in [0.2, 0.25) is 0 Å². The average molecular weight is 263 g/mol. The molecule has 1 aromatic heterocycles. The third kappa shape index (κ3) is 3.14. The minimum Gasteiger partial charge on any atom is -0.377 e. The van der Waals surface area contributed by atoms with Crippen molar-refractivity contribution in [2.75, 3.05) is 6.61 Å². The number of hydrogen-bond donors (Lipinski definition) is 2. The van der Waals surface area contributed by atoms with Crippen molar-refractivity contribution in [3.8, 4) is 0 Å². The third-order valence-corrected chi connectivity index (χ3v) is 3.98. The number of hydrogen-bond acceptors (Lipinski definition) is 4. The first kappa shape index (κ1) is 14.4. The standard InChI is InChI=1S/C15H25N3O/c1-3-6-13(19-4-2)15(18-16)12-9-8-11-7-5-10-17-14(11)12/h5,7,10,12-13,15,18H,3-4,6,8-9,16H2,1-2H3. The molecule has 1 heterocycles. The lowest BCUT2D eigenvalue weighted by molar-refractivity contribution is 0.0204. The van der Waals surface area contributed by atoms with E-state index in [2.05, 4.69) is 23.4 Å². The largest absolute Gasteiger partial charge is 0.377 e. The fourth-order valence-electron chi connectivity index (χ4n) is 3.14. The molecule has 1 aromatic rings. The maximum atomic E-state index is 5.89. The van der Waals surface area contributed by atoms with Gasteiger partial charge in [-0.05, 0) is 37.8 Å². The van der Waals surface area contributed by atoms with Gasteiger partial charge in [0.25, 0.3) is 0 Å². The molecule has 0 saturated heterocycles. The van der Waals surface area contributed by atoms with E-state index in [0.29, 0.717) is 5.92 Å². The zero-order chi connectivity index (χ0) is 13.7. The first-order valence-electron chi connectivity index (χ1n) is 7.33. The normalized spacial score (nSPS) is 21.1. The van der Waals surface area contributed by atoms with E-state index in [1.165, 1.54) is 11.3 Å². The van der Waals surface area contributed by atoms with Crippen LogP contribution in [-0.4, -0.2) is 23.7 Å². The highest BCUT2D eigenvalue weighted by Crippen LogP contribution is 2.35. The average Bonchev–Trinajstić information content (AvgIpc) is 2.84. The van der Waals surface area contributed by atoms with Crippen molar-refractivity contribution in [3.63, 3.8) is 0 Å². The molecular weight excluding hydrogens is 238 g/mol. The number of rotatable bonds is 7. The summed E-state index contributed by atoms with van der Waals surface area (Å²) in [5, 5.41) is 0. The van der Waals surface area contributed by atoms with Gasteiger partial charge in [0, 0.05) is 24.4 Å². The van der Waals surface area contributed by atoms with Gasteiger partial charge in [0.2, 0.25) is 0 Å². The van der Waals surface area contributed by atoms with E-state index in [9.17, 15) is 0 Å². The Labute approximate surface area is 115 Å². The Morgan fingerprint density at radius 2 is 2.37 bits per heavy atom. The van der Waals surface area contributed by atoms with Gasteiger partial charge in [-0.25, -0.2) is 0 Å². The highest BCUT2D eigenvalue weighted by molar-refractivity contribution is 5.30. The van der Waals surface area contributed by atoms with Gasteiger partial charge in [0.1, 0.15) is 0 Å². The third-order valence-electron chi connectivity index (χ3n) is 3.98. The Bertz CT molecular complexity index is 391. The molecule has 0 amide bonds. The van der Waals surface area contributed by atoms with Gasteiger partial charge in [-0.2, -0.15) is 0 Å². The molecule has 0 fully saturated rings. The number of pyridine rings is 1. The van der Waals surface area contributed by atoms with E-state index in [4.69, 9.17) is 10.6 Å². The molecule has 0 aromatic carbocycles. The van der Waals surface area contributed by atoms with E-state index < -0.39 is 0 Å². The van der Waals surface area contributed by atoms with E-state index in [0.717, 1.165) is 32.3 Å². The summed E-state index contributed by atoms with van der Waals surface area (Å²) in [6, 6.07) is 4.33. The van der Waals surface area contributed by atoms with E-state index in [1.807, 2.05) is 19.2 Å². The second-order valence-corrected chi connectivity index (χ2v) is 5.17. The van der Waals surface area contributed by atoms with Crippen LogP contribution >= 0.6 is 0 Å². The smallest absolute Gasteiger partial charge is 0.0747 e. The molecule has 0 radical (unpaired) electrons. The van der Waals surface area contributed by atoms with Gasteiger partial charge in [-0.15, -0.1) is 0 Å². The first-order valence-corrected chi connectivity index (χ1v) is 7.33. The van der Waals surface area contributed by atoms with Gasteiger partial charge in [0.05, 0.1) is 12.1 Å². The van der Waals surface area contributed by atoms with Gasteiger partial charge in [0.15, 0.2) is 0 Å². The second kappa shape index (κ2) is 6.98. The number of aromatic nitrogens is 1. The van der Waals surface area contributed by atoms with E-state index in [1.54, 1.807) is 0 Å². The summed E-state index contributed by atoms with van der Waals surface area (Å²) in [6.07, 6.45) is 6.37. The Morgan fingerprint density at radius 3 is 3.05 bits per heavy atom. The van der Waals surface area contributed by atoms with Crippen LogP contribution in [0.5, 0.6) is 0 Å². The van der Waals surface area contributed by atoms with Gasteiger partial charge in [-0.3, -0.25) is 16.3 Å². The van der Waals surface area contributed by atoms with Crippen molar-refractivity contribution in [3.05, 3.63) is 29.6 Å². The Morgan fingerprint density at radius 1 is 1.53 bits per heavy atom. The second-order valence-electron chi connectivity index (χ2n) is 5.17. The maximum absolute atomic E-state index is 5.89. The zero-order valence-corrected chi connectivity index (χ0v) is 11.9. The summed E-state index contributed by atoms with van der Waals surface area (Å²) in [7, 11) is 0. The minimum absolute atomic E-state index is 0.149. The van der Waals surface area contributed by atoms with E-state index in [-0.39, 0.29) is 12.1 Å². The summed E-state index contributed by atoms with van der Waals surface area (Å²) < 4.78 is 5.89. The van der Waals surface area contributed by atoms with E-state index >= 15 is 0 Å². The molecule has 0 saturated carbocycles. The molecule has 2 rings (SSSR count). The van der Waals surface area contributed by atoms with Crippen LogP contribution < -0.4 is 11.3 Å². The maximum Gasteiger partial charge on any atom is 0.0747 e. The predicted octanol–water partition coefficient (Wildman–Crippen LogP) is 2.15. The molecule has 19 heavy (non-hydrogen) atoms. The summed E-state index contributed by atoms with van der Waals surface area (Å²) in [5.41, 5.74) is 5.55. The van der Waals surface area contributed by atoms with Crippen LogP contribution in [0.1, 0.15) is 50.3 Å². The zero-order valence-electron chi connectivity index (χ0n) is 11.9. The van der Waals surface area contributed by atoms with Crippen LogP contribution in [0.15, 0.2) is 18.3 Å². The number of ether oxygens (including phenoxy) is 1. The lowest BCUT2D eigenvalue weighted by Crippen LogP contribution is -2.48. The Balaban J connectivity index is 2.17. The fourth-order valence-corrected chi connectivity index (χ4v) is 3.14. The molecular formula is C15H25N3O. The number of fused-ring (bicyclic) bond motifs is 1. The van der Waals surface area contributed by atoms with Crippen molar-refractivity contribution >= 4 is 0 Å². The Kier molecular flexibility index (Phi) is 5.31. The summed E-state index contributed by atoms with van der Waals surface area (Å²) in [4.78, 5) is 4.56. The van der Waals surface area contributed by atoms with Crippen LogP contribution in [0.4, 0.5) is 0 Å². The van der Waals surface area contributed by atoms with Gasteiger partial charge < -0.3 is 4.74 Å². The molecule has 106 valence electrons. The quantitative estimate of drug-likeness (QED) is 0.584. The molecule has 1 aliphatic rings. The molecule has 4 heteroatoms. The number of nitrogens with zero attached hydrogens (tertiary/aromatic N) is 1. The van der Waals surface area contributed by atoms with Crippen molar-refractivity contribution in [2.24, 2.45) is 5.84 Å². The lowest BCUT2D eigenvalue weighted by atomic mass is 9.90. The molecule has 3 atom stereocenters. The van der Waals surface area contributed by atoms with Crippen molar-refractivity contribution in [2.45, 2.75) is 57.6 Å². The Hall–Kier alpha value is -0.970. The van der Waals surface area contributed by atoms with Crippen LogP contribution in [-0.2, 0) is 11.2 Å². The molecule has 1 aliphatic carbocycles. The van der Waals surface area contributed by atoms with Crippen molar-refractivity contribution < 1.29 is 4.74 Å². The monoisotopic (exact) mass is 263 g/mol. The minimum atomic E-state index is 0.149. The number of aryl methyl sites for hydroxylation is 1. The molecule has 0 aliphatic heterocycles. The predicted molar refractivity (Wildman–Crippen MR) is 76.7 cm³/mol. The van der Waals surface area contributed by atoms with Crippen molar-refractivity contribution in [1.29, 1.82) is 0 Å². The molecule has 0 bridgehead atoms. The number of nitrogens with one attached hydrogen (secondary N) is 1. The molecule has 4 nitrogen and oxygen atoms in total. The highest BCUT2D eigenvalue weighted by atomic mass is 16.5. The lowest BCUT2D eigenvalue weighted by Gasteiger charge is -2.31. The van der Waals surface area contributed by atoms with Gasteiger partial charge >= 0.3 is 0 Å².